The summed E-state index contributed by atoms with van der Waals surface area (Å²) in [7, 11) is 0. The zero-order valence-electron chi connectivity index (χ0n) is 24.3. The Kier molecular flexibility index (Phi) is 17.9. The van der Waals surface area contributed by atoms with Crippen molar-refractivity contribution in [3.63, 3.8) is 0 Å². The van der Waals surface area contributed by atoms with Gasteiger partial charge in [-0.25, -0.2) is 0 Å². The zero-order valence-corrected chi connectivity index (χ0v) is 25.2. The van der Waals surface area contributed by atoms with E-state index in [-0.39, 0.29) is 56.1 Å². The van der Waals surface area contributed by atoms with Crippen molar-refractivity contribution in [1.29, 1.82) is 0 Å². The summed E-state index contributed by atoms with van der Waals surface area (Å²) in [6.07, 6.45) is 0.656. The van der Waals surface area contributed by atoms with Crippen LogP contribution in [-0.4, -0.2) is 120 Å². The number of piperidine rings is 1. The van der Waals surface area contributed by atoms with Crippen LogP contribution in [0.25, 0.3) is 0 Å². The molecule has 0 radical (unpaired) electrons. The number of carbonyl (C=O) groups excluding carboxylic acids is 4. The Hall–Kier alpha value is -2.69. The van der Waals surface area contributed by atoms with Crippen LogP contribution in [0, 0.1) is 0 Å². The molecule has 3 rings (SSSR count). The first kappa shape index (κ1) is 36.5. The Morgan fingerprint density at radius 3 is 1.91 bits per heavy atom. The second-order valence-electron chi connectivity index (χ2n) is 9.53. The molecule has 1 fully saturated rings. The Morgan fingerprint density at radius 1 is 0.837 bits per heavy atom. The molecule has 0 aliphatic carbocycles. The highest BCUT2D eigenvalue weighted by Gasteiger charge is 2.39. The highest BCUT2D eigenvalue weighted by molar-refractivity contribution is 6.05. The molecule has 2 aliphatic rings. The van der Waals surface area contributed by atoms with Gasteiger partial charge >= 0.3 is 0 Å². The molecule has 2 heterocycles. The van der Waals surface area contributed by atoms with Crippen LogP contribution in [0.4, 0.5) is 5.69 Å². The monoisotopic (exact) mass is 630 g/mol. The van der Waals surface area contributed by atoms with Gasteiger partial charge in [0.1, 0.15) is 6.04 Å². The van der Waals surface area contributed by atoms with Gasteiger partial charge in [0.2, 0.25) is 17.7 Å². The van der Waals surface area contributed by atoms with E-state index in [0.29, 0.717) is 96.9 Å². The fourth-order valence-electron chi connectivity index (χ4n) is 4.33. The van der Waals surface area contributed by atoms with Gasteiger partial charge in [0.15, 0.2) is 0 Å². The number of nitrogens with zero attached hydrogens (tertiary/aromatic N) is 1. The molecule has 4 amide bonds. The minimum atomic E-state index is -0.677. The zero-order chi connectivity index (χ0) is 30.0. The van der Waals surface area contributed by atoms with Gasteiger partial charge in [0.05, 0.1) is 85.7 Å². The first-order valence-electron chi connectivity index (χ1n) is 14.2. The maximum atomic E-state index is 12.8. The van der Waals surface area contributed by atoms with Crippen molar-refractivity contribution in [2.24, 2.45) is 5.73 Å². The van der Waals surface area contributed by atoms with Crippen molar-refractivity contribution >= 4 is 41.7 Å². The highest BCUT2D eigenvalue weighted by Crippen LogP contribution is 2.29. The van der Waals surface area contributed by atoms with Crippen molar-refractivity contribution in [2.75, 3.05) is 91.1 Å². The smallest absolute Gasteiger partial charge is 0.255 e. The second-order valence-corrected chi connectivity index (χ2v) is 9.53. The Morgan fingerprint density at radius 2 is 1.37 bits per heavy atom. The number of halogens is 1. The Balaban J connectivity index is 0.00000645. The number of imide groups is 1. The number of anilines is 1. The van der Waals surface area contributed by atoms with Gasteiger partial charge in [-0.1, -0.05) is 0 Å². The summed E-state index contributed by atoms with van der Waals surface area (Å²) in [4.78, 5) is 50.2. The topological polar surface area (TPSA) is 177 Å². The predicted octanol–water partition coefficient (Wildman–Crippen LogP) is 0.256. The summed E-state index contributed by atoms with van der Waals surface area (Å²) in [5, 5.41) is 5.09. The second kappa shape index (κ2) is 21.1. The summed E-state index contributed by atoms with van der Waals surface area (Å²) < 4.78 is 32.3. The van der Waals surface area contributed by atoms with E-state index in [1.165, 1.54) is 4.90 Å². The molecule has 2 aliphatic heterocycles. The van der Waals surface area contributed by atoms with Crippen LogP contribution in [0.1, 0.15) is 35.2 Å². The van der Waals surface area contributed by atoms with Crippen LogP contribution in [0.5, 0.6) is 0 Å². The molecule has 1 saturated heterocycles. The lowest BCUT2D eigenvalue weighted by atomic mass is 10.0. The SMILES string of the molecule is Cl.NCCOCCOCCOCCOCCOCCOCCC(=O)Nc1ccc2c(c1)CN(C1CCC(=O)NC1=O)C2=O. The first-order valence-corrected chi connectivity index (χ1v) is 14.2. The molecular formula is C28H43ClN4O10. The van der Waals surface area contributed by atoms with Gasteiger partial charge in [-0.3, -0.25) is 24.5 Å². The van der Waals surface area contributed by atoms with Gasteiger partial charge in [-0.05, 0) is 30.2 Å². The lowest BCUT2D eigenvalue weighted by Gasteiger charge is -2.29. The van der Waals surface area contributed by atoms with Crippen LogP contribution >= 0.6 is 12.4 Å². The molecule has 242 valence electrons. The van der Waals surface area contributed by atoms with Gasteiger partial charge in [0, 0.05) is 30.8 Å². The van der Waals surface area contributed by atoms with Crippen molar-refractivity contribution < 1.29 is 47.6 Å². The molecule has 43 heavy (non-hydrogen) atoms. The largest absolute Gasteiger partial charge is 0.379 e. The molecule has 0 bridgehead atoms. The number of nitrogens with two attached hydrogens (primary N) is 1. The summed E-state index contributed by atoms with van der Waals surface area (Å²) >= 11 is 0. The number of amides is 4. The maximum Gasteiger partial charge on any atom is 0.255 e. The fourth-order valence-corrected chi connectivity index (χ4v) is 4.33. The molecule has 14 nitrogen and oxygen atoms in total. The van der Waals surface area contributed by atoms with Crippen LogP contribution in [0.3, 0.4) is 0 Å². The summed E-state index contributed by atoms with van der Waals surface area (Å²) in [6.45, 7) is 6.11. The quantitative estimate of drug-likeness (QED) is 0.118. The molecule has 15 heteroatoms. The molecular weight excluding hydrogens is 588 g/mol. The number of hydrogen-bond acceptors (Lipinski definition) is 11. The number of benzene rings is 1. The van der Waals surface area contributed by atoms with E-state index in [9.17, 15) is 19.2 Å². The van der Waals surface area contributed by atoms with Crippen molar-refractivity contribution in [3.8, 4) is 0 Å². The lowest BCUT2D eigenvalue weighted by Crippen LogP contribution is -2.52. The first-order chi connectivity index (χ1) is 20.5. The average Bonchev–Trinajstić information content (AvgIpc) is 3.29. The molecule has 4 N–H and O–H groups in total. The van der Waals surface area contributed by atoms with Gasteiger partial charge in [-0.15, -0.1) is 12.4 Å². The van der Waals surface area contributed by atoms with E-state index in [2.05, 4.69) is 10.6 Å². The van der Waals surface area contributed by atoms with E-state index in [4.69, 9.17) is 34.2 Å². The summed E-state index contributed by atoms with van der Waals surface area (Å²) in [6, 6.07) is 4.35. The minimum absolute atomic E-state index is 0. The fraction of sp³-hybridized carbons (Fsp3) is 0.643. The van der Waals surface area contributed by atoms with Crippen LogP contribution in [0.2, 0.25) is 0 Å². The lowest BCUT2D eigenvalue weighted by molar-refractivity contribution is -0.137. The highest BCUT2D eigenvalue weighted by atomic mass is 35.5. The molecule has 1 atom stereocenters. The normalized spacial score (nSPS) is 16.2. The Labute approximate surface area is 257 Å². The molecule has 1 aromatic carbocycles. The molecule has 1 aromatic rings. The van der Waals surface area contributed by atoms with Gasteiger partial charge < -0.3 is 44.4 Å². The van der Waals surface area contributed by atoms with E-state index >= 15 is 0 Å². The number of carbonyl (C=O) groups is 4. The van der Waals surface area contributed by atoms with E-state index < -0.39 is 11.9 Å². The van der Waals surface area contributed by atoms with Crippen LogP contribution < -0.4 is 16.4 Å². The van der Waals surface area contributed by atoms with Crippen LogP contribution in [-0.2, 0) is 49.3 Å². The van der Waals surface area contributed by atoms with Crippen LogP contribution in [0.15, 0.2) is 18.2 Å². The minimum Gasteiger partial charge on any atom is -0.379 e. The molecule has 0 spiro atoms. The van der Waals surface area contributed by atoms with Crippen molar-refractivity contribution in [1.82, 2.24) is 10.2 Å². The maximum absolute atomic E-state index is 12.8. The van der Waals surface area contributed by atoms with E-state index in [0.717, 1.165) is 5.56 Å². The average molecular weight is 631 g/mol. The Bertz CT molecular complexity index is 1030. The van der Waals surface area contributed by atoms with E-state index in [1.807, 2.05) is 0 Å². The number of nitrogens with one attached hydrogen (secondary N) is 2. The molecule has 1 unspecified atom stereocenters. The predicted molar refractivity (Wildman–Crippen MR) is 157 cm³/mol. The number of hydrogen-bond donors (Lipinski definition) is 3. The van der Waals surface area contributed by atoms with Gasteiger partial charge in [-0.2, -0.15) is 0 Å². The van der Waals surface area contributed by atoms with E-state index in [1.54, 1.807) is 18.2 Å². The molecule has 0 saturated carbocycles. The number of ether oxygens (including phenoxy) is 6. The number of rotatable bonds is 22. The number of fused-ring (bicyclic) bond motifs is 1. The van der Waals surface area contributed by atoms with Crippen molar-refractivity contribution in [2.45, 2.75) is 31.8 Å². The third-order valence-electron chi connectivity index (χ3n) is 6.40. The third-order valence-corrected chi connectivity index (χ3v) is 6.40. The van der Waals surface area contributed by atoms with Gasteiger partial charge in [0.25, 0.3) is 5.91 Å². The third kappa shape index (κ3) is 13.2. The van der Waals surface area contributed by atoms with Crippen molar-refractivity contribution in [3.05, 3.63) is 29.3 Å². The standard InChI is InChI=1S/C28H42N4O10.ClH/c29-6-8-38-10-12-40-14-16-42-18-17-41-15-13-39-11-9-37-7-5-26(34)30-22-1-2-23-21(19-22)20-32(28(23)36)24-3-4-25(33)31-27(24)35;/h1-2,19,24H,3-18,20,29H2,(H,30,34)(H,31,33,35);1H. The molecule has 0 aromatic heterocycles. The summed E-state index contributed by atoms with van der Waals surface area (Å²) in [5.41, 5.74) is 7.09. The summed E-state index contributed by atoms with van der Waals surface area (Å²) in [5.74, 6) is -1.27.